The molecule has 1 unspecified atom stereocenters. The first-order valence-electron chi connectivity index (χ1n) is 9.88. The third-order valence-electron chi connectivity index (χ3n) is 5.65. The zero-order valence-corrected chi connectivity index (χ0v) is 18.5. The molecule has 1 aromatic heterocycles. The molecular weight excluding hydrogens is 437 g/mol. The van der Waals surface area contributed by atoms with E-state index in [1.165, 1.54) is 57.1 Å². The Morgan fingerprint density at radius 1 is 1.23 bits per heavy atom. The number of nitrogens with one attached hydrogen (secondary N) is 2. The molecule has 2 heterocycles. The van der Waals surface area contributed by atoms with Gasteiger partial charge in [-0.25, -0.2) is 0 Å². The Bertz CT molecular complexity index is 571. The third-order valence-corrected chi connectivity index (χ3v) is 5.65. The molecule has 1 aliphatic carbocycles. The van der Waals surface area contributed by atoms with Crippen molar-refractivity contribution < 1.29 is 0 Å². The van der Waals surface area contributed by atoms with Gasteiger partial charge in [0.05, 0.1) is 12.2 Å². The number of halogens is 1. The monoisotopic (exact) mass is 471 g/mol. The summed E-state index contributed by atoms with van der Waals surface area (Å²) in [5, 5.41) is 7.06. The maximum Gasteiger partial charge on any atom is 0.191 e. The number of aliphatic imine (C=N–C) groups is 1. The van der Waals surface area contributed by atoms with E-state index in [0.717, 1.165) is 24.2 Å². The van der Waals surface area contributed by atoms with Crippen LogP contribution in [0.5, 0.6) is 0 Å². The van der Waals surface area contributed by atoms with Crippen LogP contribution in [0.4, 0.5) is 0 Å². The van der Waals surface area contributed by atoms with Crippen molar-refractivity contribution in [3.63, 3.8) is 0 Å². The predicted molar refractivity (Wildman–Crippen MR) is 119 cm³/mol. The van der Waals surface area contributed by atoms with Crippen molar-refractivity contribution in [3.8, 4) is 0 Å². The molecule has 0 spiro atoms. The Morgan fingerprint density at radius 2 is 2.04 bits per heavy atom. The molecule has 26 heavy (non-hydrogen) atoms. The van der Waals surface area contributed by atoms with Gasteiger partial charge >= 0.3 is 0 Å². The van der Waals surface area contributed by atoms with E-state index >= 15 is 0 Å². The molecular formula is C20H34IN5. The van der Waals surface area contributed by atoms with Crippen LogP contribution in [0.1, 0.15) is 56.2 Å². The summed E-state index contributed by atoms with van der Waals surface area (Å²) < 4.78 is 0. The second-order valence-electron chi connectivity index (χ2n) is 7.46. The van der Waals surface area contributed by atoms with Crippen LogP contribution in [-0.2, 0) is 6.54 Å². The van der Waals surface area contributed by atoms with Gasteiger partial charge in [-0.3, -0.25) is 14.9 Å². The average Bonchev–Trinajstić information content (AvgIpc) is 2.67. The first kappa shape index (κ1) is 21.4. The number of likely N-dealkylation sites (tertiary alicyclic amines) is 1. The number of aromatic nitrogens is 1. The summed E-state index contributed by atoms with van der Waals surface area (Å²) in [6, 6.07) is 5.38. The molecule has 0 bridgehead atoms. The van der Waals surface area contributed by atoms with Crippen LogP contribution in [0.25, 0.3) is 0 Å². The van der Waals surface area contributed by atoms with Crippen molar-refractivity contribution in [3.05, 3.63) is 29.6 Å². The number of guanidine groups is 1. The van der Waals surface area contributed by atoms with Crippen LogP contribution in [0.15, 0.2) is 23.3 Å². The van der Waals surface area contributed by atoms with Crippen LogP contribution >= 0.6 is 24.0 Å². The Kier molecular flexibility index (Phi) is 9.11. The van der Waals surface area contributed by atoms with Gasteiger partial charge in [0, 0.05) is 31.9 Å². The Hall–Kier alpha value is -0.890. The fourth-order valence-electron chi connectivity index (χ4n) is 4.16. The molecule has 2 N–H and O–H groups in total. The van der Waals surface area contributed by atoms with Gasteiger partial charge in [0.25, 0.3) is 0 Å². The molecule has 1 aromatic rings. The van der Waals surface area contributed by atoms with E-state index in [1.54, 1.807) is 0 Å². The van der Waals surface area contributed by atoms with E-state index in [9.17, 15) is 0 Å². The number of hydrogen-bond donors (Lipinski definition) is 2. The van der Waals surface area contributed by atoms with Gasteiger partial charge < -0.3 is 10.6 Å². The van der Waals surface area contributed by atoms with Crippen LogP contribution in [0.3, 0.4) is 0 Å². The van der Waals surface area contributed by atoms with Crippen molar-refractivity contribution >= 4 is 29.9 Å². The molecule has 146 valence electrons. The minimum atomic E-state index is 0. The van der Waals surface area contributed by atoms with Gasteiger partial charge in [-0.1, -0.05) is 25.3 Å². The summed E-state index contributed by atoms with van der Waals surface area (Å²) >= 11 is 0. The van der Waals surface area contributed by atoms with Gasteiger partial charge in [-0.15, -0.1) is 24.0 Å². The lowest BCUT2D eigenvalue weighted by Gasteiger charge is -2.40. The zero-order chi connectivity index (χ0) is 17.5. The maximum atomic E-state index is 4.45. The number of piperidine rings is 1. The van der Waals surface area contributed by atoms with E-state index in [4.69, 9.17) is 0 Å². The number of nitrogens with zero attached hydrogens (tertiary/aromatic N) is 3. The van der Waals surface area contributed by atoms with Gasteiger partial charge in [0.1, 0.15) is 0 Å². The van der Waals surface area contributed by atoms with Crippen molar-refractivity contribution in [1.29, 1.82) is 0 Å². The standard InChI is InChI=1S/C20H33N5.HI/c1-16-8-6-12-22-19(16)14-23-20(21-2)24-17-9-7-13-25(15-17)18-10-4-3-5-11-18;/h6,8,12,17-18H,3-5,7,9-11,13-15H2,1-2H3,(H2,21,23,24);1H. The van der Waals surface area contributed by atoms with Crippen LogP contribution in [0, 0.1) is 6.92 Å². The fraction of sp³-hybridized carbons (Fsp3) is 0.700. The molecule has 0 aromatic carbocycles. The Morgan fingerprint density at radius 3 is 2.77 bits per heavy atom. The summed E-state index contributed by atoms with van der Waals surface area (Å²) in [7, 11) is 1.85. The first-order chi connectivity index (χ1) is 12.3. The first-order valence-corrected chi connectivity index (χ1v) is 9.88. The fourth-order valence-corrected chi connectivity index (χ4v) is 4.16. The lowest BCUT2D eigenvalue weighted by molar-refractivity contribution is 0.115. The highest BCUT2D eigenvalue weighted by atomic mass is 127. The average molecular weight is 471 g/mol. The normalized spacial score (nSPS) is 22.5. The van der Waals surface area contributed by atoms with Crippen LogP contribution < -0.4 is 10.6 Å². The van der Waals surface area contributed by atoms with Crippen LogP contribution in [-0.4, -0.2) is 48.1 Å². The predicted octanol–water partition coefficient (Wildman–Crippen LogP) is 3.47. The molecule has 1 saturated heterocycles. The quantitative estimate of drug-likeness (QED) is 0.401. The third kappa shape index (κ3) is 6.08. The summed E-state index contributed by atoms with van der Waals surface area (Å²) in [4.78, 5) is 11.6. The molecule has 2 fully saturated rings. The second kappa shape index (κ2) is 11.1. The molecule has 1 saturated carbocycles. The summed E-state index contributed by atoms with van der Waals surface area (Å²) in [5.74, 6) is 0.889. The topological polar surface area (TPSA) is 52.6 Å². The zero-order valence-electron chi connectivity index (χ0n) is 16.2. The Balaban J connectivity index is 0.00000243. The SMILES string of the molecule is CN=C(NCc1ncccc1C)NC1CCCN(C2CCCCC2)C1.I. The highest BCUT2D eigenvalue weighted by molar-refractivity contribution is 14.0. The number of hydrogen-bond acceptors (Lipinski definition) is 3. The number of aryl methyl sites for hydroxylation is 1. The summed E-state index contributed by atoms with van der Waals surface area (Å²) in [5.41, 5.74) is 2.30. The summed E-state index contributed by atoms with van der Waals surface area (Å²) in [6.07, 6.45) is 11.4. The van der Waals surface area contributed by atoms with E-state index in [1.807, 2.05) is 19.3 Å². The molecule has 6 heteroatoms. The van der Waals surface area contributed by atoms with E-state index in [2.05, 4.69) is 38.5 Å². The summed E-state index contributed by atoms with van der Waals surface area (Å²) in [6.45, 7) is 5.23. The van der Waals surface area contributed by atoms with Crippen molar-refractivity contribution in [2.45, 2.75) is 70.5 Å². The van der Waals surface area contributed by atoms with Gasteiger partial charge in [-0.2, -0.15) is 0 Å². The van der Waals surface area contributed by atoms with Crippen molar-refractivity contribution in [2.75, 3.05) is 20.1 Å². The molecule has 0 radical (unpaired) electrons. The molecule has 5 nitrogen and oxygen atoms in total. The lowest BCUT2D eigenvalue weighted by atomic mass is 9.92. The van der Waals surface area contributed by atoms with E-state index in [-0.39, 0.29) is 24.0 Å². The molecule has 1 atom stereocenters. The molecule has 2 aliphatic rings. The van der Waals surface area contributed by atoms with Gasteiger partial charge in [0.2, 0.25) is 0 Å². The minimum Gasteiger partial charge on any atom is -0.352 e. The van der Waals surface area contributed by atoms with Crippen LogP contribution in [0.2, 0.25) is 0 Å². The van der Waals surface area contributed by atoms with E-state index < -0.39 is 0 Å². The minimum absolute atomic E-state index is 0. The number of rotatable bonds is 4. The maximum absolute atomic E-state index is 4.45. The molecule has 1 aliphatic heterocycles. The Labute approximate surface area is 175 Å². The number of pyridine rings is 1. The molecule has 0 amide bonds. The van der Waals surface area contributed by atoms with Gasteiger partial charge in [-0.05, 0) is 50.8 Å². The molecule has 3 rings (SSSR count). The van der Waals surface area contributed by atoms with Crippen molar-refractivity contribution in [1.82, 2.24) is 20.5 Å². The smallest absolute Gasteiger partial charge is 0.191 e. The highest BCUT2D eigenvalue weighted by Crippen LogP contribution is 2.25. The largest absolute Gasteiger partial charge is 0.352 e. The highest BCUT2D eigenvalue weighted by Gasteiger charge is 2.27. The second-order valence-corrected chi connectivity index (χ2v) is 7.46. The van der Waals surface area contributed by atoms with E-state index in [0.29, 0.717) is 12.6 Å². The van der Waals surface area contributed by atoms with Crippen molar-refractivity contribution in [2.24, 2.45) is 4.99 Å². The van der Waals surface area contributed by atoms with Gasteiger partial charge in [0.15, 0.2) is 5.96 Å². The lowest BCUT2D eigenvalue weighted by Crippen LogP contribution is -2.53.